The maximum absolute atomic E-state index is 13.1. The Balaban J connectivity index is 2.39. The molecule has 17 heavy (non-hydrogen) atoms. The third kappa shape index (κ3) is 2.50. The molecule has 1 aromatic heterocycles. The number of rotatable bonds is 3. The Morgan fingerprint density at radius 2 is 2.24 bits per heavy atom. The highest BCUT2D eigenvalue weighted by atomic mass is 32.1. The standard InChI is InChI=1S/C12H12FN3S/c1-8-4-5-15-16(8)7-9-2-3-10(13)6-11(9)12(14)17/h2-6H,7H2,1H3,(H2,14,17). The molecule has 0 atom stereocenters. The summed E-state index contributed by atoms with van der Waals surface area (Å²) in [7, 11) is 0. The molecule has 0 saturated heterocycles. The quantitative estimate of drug-likeness (QED) is 0.846. The van der Waals surface area contributed by atoms with Gasteiger partial charge >= 0.3 is 0 Å². The van der Waals surface area contributed by atoms with Gasteiger partial charge < -0.3 is 5.73 Å². The first-order valence-corrected chi connectivity index (χ1v) is 5.55. The van der Waals surface area contributed by atoms with Gasteiger partial charge in [-0.2, -0.15) is 5.10 Å². The Labute approximate surface area is 104 Å². The number of thiocarbonyl (C=S) groups is 1. The Bertz CT molecular complexity index is 563. The Morgan fingerprint density at radius 1 is 1.47 bits per heavy atom. The smallest absolute Gasteiger partial charge is 0.123 e. The van der Waals surface area contributed by atoms with Crippen LogP contribution in [0.2, 0.25) is 0 Å². The third-order valence-electron chi connectivity index (χ3n) is 2.59. The molecule has 0 saturated carbocycles. The van der Waals surface area contributed by atoms with Gasteiger partial charge in [0.1, 0.15) is 10.8 Å². The van der Waals surface area contributed by atoms with E-state index >= 15 is 0 Å². The number of nitrogens with two attached hydrogens (primary N) is 1. The van der Waals surface area contributed by atoms with Crippen LogP contribution in [-0.4, -0.2) is 14.8 Å². The van der Waals surface area contributed by atoms with Gasteiger partial charge in [0, 0.05) is 17.5 Å². The maximum atomic E-state index is 13.1. The maximum Gasteiger partial charge on any atom is 0.123 e. The lowest BCUT2D eigenvalue weighted by atomic mass is 10.1. The summed E-state index contributed by atoms with van der Waals surface area (Å²) in [5, 5.41) is 4.17. The van der Waals surface area contributed by atoms with Crippen molar-refractivity contribution in [1.82, 2.24) is 9.78 Å². The second-order valence-electron chi connectivity index (χ2n) is 3.80. The van der Waals surface area contributed by atoms with Crippen molar-refractivity contribution in [3.63, 3.8) is 0 Å². The number of aromatic nitrogens is 2. The minimum Gasteiger partial charge on any atom is -0.389 e. The van der Waals surface area contributed by atoms with E-state index in [-0.39, 0.29) is 10.8 Å². The van der Waals surface area contributed by atoms with Gasteiger partial charge in [0.2, 0.25) is 0 Å². The zero-order valence-corrected chi connectivity index (χ0v) is 10.2. The lowest BCUT2D eigenvalue weighted by molar-refractivity contribution is 0.622. The highest BCUT2D eigenvalue weighted by Gasteiger charge is 2.08. The molecule has 2 aromatic rings. The van der Waals surface area contributed by atoms with Crippen LogP contribution in [0.3, 0.4) is 0 Å². The number of halogens is 1. The highest BCUT2D eigenvalue weighted by molar-refractivity contribution is 7.80. The fraction of sp³-hybridized carbons (Fsp3) is 0.167. The van der Waals surface area contributed by atoms with E-state index in [2.05, 4.69) is 5.10 Å². The molecule has 0 aliphatic heterocycles. The molecule has 5 heteroatoms. The molecule has 0 aliphatic rings. The molecular weight excluding hydrogens is 237 g/mol. The van der Waals surface area contributed by atoms with Crippen LogP contribution in [0.15, 0.2) is 30.5 Å². The summed E-state index contributed by atoms with van der Waals surface area (Å²) >= 11 is 4.92. The third-order valence-corrected chi connectivity index (χ3v) is 2.81. The molecule has 2 rings (SSSR count). The van der Waals surface area contributed by atoms with E-state index in [1.54, 1.807) is 12.3 Å². The van der Waals surface area contributed by atoms with Crippen molar-refractivity contribution in [3.8, 4) is 0 Å². The van der Waals surface area contributed by atoms with Crippen LogP contribution in [0.1, 0.15) is 16.8 Å². The van der Waals surface area contributed by atoms with Gasteiger partial charge in [-0.25, -0.2) is 4.39 Å². The van der Waals surface area contributed by atoms with Crippen LogP contribution in [0.5, 0.6) is 0 Å². The van der Waals surface area contributed by atoms with Crippen LogP contribution in [0, 0.1) is 12.7 Å². The van der Waals surface area contributed by atoms with Gasteiger partial charge in [0.15, 0.2) is 0 Å². The topological polar surface area (TPSA) is 43.8 Å². The number of hydrogen-bond donors (Lipinski definition) is 1. The highest BCUT2D eigenvalue weighted by Crippen LogP contribution is 2.13. The summed E-state index contributed by atoms with van der Waals surface area (Å²) in [5.74, 6) is -0.339. The van der Waals surface area contributed by atoms with E-state index in [9.17, 15) is 4.39 Å². The van der Waals surface area contributed by atoms with Crippen molar-refractivity contribution in [2.45, 2.75) is 13.5 Å². The fourth-order valence-electron chi connectivity index (χ4n) is 1.64. The average molecular weight is 249 g/mol. The summed E-state index contributed by atoms with van der Waals surface area (Å²) < 4.78 is 14.9. The van der Waals surface area contributed by atoms with Crippen molar-refractivity contribution in [1.29, 1.82) is 0 Å². The molecule has 0 fully saturated rings. The van der Waals surface area contributed by atoms with Gasteiger partial charge in [-0.1, -0.05) is 18.3 Å². The van der Waals surface area contributed by atoms with Gasteiger partial charge in [-0.05, 0) is 30.7 Å². The Morgan fingerprint density at radius 3 is 2.82 bits per heavy atom. The molecule has 3 nitrogen and oxygen atoms in total. The second-order valence-corrected chi connectivity index (χ2v) is 4.24. The molecule has 0 bridgehead atoms. The van der Waals surface area contributed by atoms with Crippen LogP contribution in [0.4, 0.5) is 4.39 Å². The molecule has 1 heterocycles. The number of aryl methyl sites for hydroxylation is 1. The summed E-state index contributed by atoms with van der Waals surface area (Å²) in [6.45, 7) is 2.49. The van der Waals surface area contributed by atoms with Gasteiger partial charge in [-0.15, -0.1) is 0 Å². The number of nitrogens with zero attached hydrogens (tertiary/aromatic N) is 2. The van der Waals surface area contributed by atoms with Gasteiger partial charge in [0.05, 0.1) is 6.54 Å². The molecule has 2 N–H and O–H groups in total. The number of hydrogen-bond acceptors (Lipinski definition) is 2. The van der Waals surface area contributed by atoms with Crippen LogP contribution in [-0.2, 0) is 6.54 Å². The summed E-state index contributed by atoms with van der Waals surface area (Å²) in [4.78, 5) is 0.198. The molecule has 0 aliphatic carbocycles. The molecule has 0 amide bonds. The zero-order valence-electron chi connectivity index (χ0n) is 9.35. The van der Waals surface area contributed by atoms with Gasteiger partial charge in [-0.3, -0.25) is 4.68 Å². The van der Waals surface area contributed by atoms with Crippen LogP contribution in [0.25, 0.3) is 0 Å². The van der Waals surface area contributed by atoms with E-state index in [1.165, 1.54) is 12.1 Å². The first kappa shape index (κ1) is 11.7. The fourth-order valence-corrected chi connectivity index (χ4v) is 1.83. The van der Waals surface area contributed by atoms with E-state index in [0.717, 1.165) is 11.3 Å². The predicted octanol–water partition coefficient (Wildman–Crippen LogP) is 2.01. The monoisotopic (exact) mass is 249 g/mol. The van der Waals surface area contributed by atoms with E-state index < -0.39 is 0 Å². The first-order valence-electron chi connectivity index (χ1n) is 5.14. The van der Waals surface area contributed by atoms with Crippen molar-refractivity contribution < 1.29 is 4.39 Å². The zero-order chi connectivity index (χ0) is 12.4. The van der Waals surface area contributed by atoms with E-state index in [1.807, 2.05) is 17.7 Å². The minimum atomic E-state index is -0.339. The molecule has 1 aromatic carbocycles. The predicted molar refractivity (Wildman–Crippen MR) is 68.4 cm³/mol. The Kier molecular flexibility index (Phi) is 3.19. The van der Waals surface area contributed by atoms with Gasteiger partial charge in [0.25, 0.3) is 0 Å². The van der Waals surface area contributed by atoms with Crippen molar-refractivity contribution in [3.05, 3.63) is 53.1 Å². The normalized spacial score (nSPS) is 10.5. The number of benzene rings is 1. The summed E-state index contributed by atoms with van der Waals surface area (Å²) in [6, 6.07) is 6.35. The van der Waals surface area contributed by atoms with Crippen LogP contribution >= 0.6 is 12.2 Å². The molecular formula is C12H12FN3S. The van der Waals surface area contributed by atoms with E-state index in [4.69, 9.17) is 18.0 Å². The minimum absolute atomic E-state index is 0.198. The van der Waals surface area contributed by atoms with Crippen LogP contribution < -0.4 is 5.73 Å². The average Bonchev–Trinajstić information content (AvgIpc) is 2.67. The second kappa shape index (κ2) is 4.63. The molecule has 0 unspecified atom stereocenters. The van der Waals surface area contributed by atoms with Crippen molar-refractivity contribution in [2.24, 2.45) is 5.73 Å². The molecule has 88 valence electrons. The first-order chi connectivity index (χ1) is 8.08. The summed E-state index contributed by atoms with van der Waals surface area (Å²) in [6.07, 6.45) is 1.72. The van der Waals surface area contributed by atoms with Crippen molar-refractivity contribution in [2.75, 3.05) is 0 Å². The summed E-state index contributed by atoms with van der Waals surface area (Å²) in [5.41, 5.74) is 8.05. The SMILES string of the molecule is Cc1ccnn1Cc1ccc(F)cc1C(N)=S. The Hall–Kier alpha value is -1.75. The van der Waals surface area contributed by atoms with E-state index in [0.29, 0.717) is 12.1 Å². The molecule has 0 spiro atoms. The lowest BCUT2D eigenvalue weighted by Gasteiger charge is -2.10. The van der Waals surface area contributed by atoms with Crippen molar-refractivity contribution >= 4 is 17.2 Å². The largest absolute Gasteiger partial charge is 0.389 e. The molecule has 0 radical (unpaired) electrons. The lowest BCUT2D eigenvalue weighted by Crippen LogP contribution is -2.15.